The van der Waals surface area contributed by atoms with Crippen molar-refractivity contribution in [2.45, 2.75) is 113 Å². The van der Waals surface area contributed by atoms with Gasteiger partial charge in [-0.1, -0.05) is 0 Å². The predicted octanol–water partition coefficient (Wildman–Crippen LogP) is -10.3. The standard InChI is InChI=1S/C38H69N19O14S2/c1-16(27(62)51-18(5-2-8-47-36(41)42)29(64)52-20(7-4-10-49-38(45)46)31(66)57-24(15-73)35(70)71)50-32(67)22(12-26(60)61)55-30(65)19(6-3-9-48-37(43)44)53-33(68)21(11-25(40)59)54-34(69)23(13-58)56-28(63)17(39)14-72/h16-24,58,72-73H,2-15,39H2,1H3,(H2,40,59)(H,50,67)(H,51,62)(H,52,64)(H,53,68)(H,54,69)(H,55,65)(H,56,63)(H,57,66)(H,60,61)(H,70,71)(H4,41,42,47)(H4,43,44,48)(H4,45,46,49)/t16-,17-,18-,19-,20-,21-,22-,23-,24-/m0/s1. The van der Waals surface area contributed by atoms with Gasteiger partial charge in [-0.25, -0.2) is 4.79 Å². The zero-order valence-electron chi connectivity index (χ0n) is 39.8. The number of nitrogens with zero attached hydrogens (tertiary/aromatic N) is 3. The van der Waals surface area contributed by atoms with Crippen molar-refractivity contribution in [2.75, 3.05) is 37.7 Å². The van der Waals surface area contributed by atoms with Crippen LogP contribution in [0, 0.1) is 0 Å². The molecule has 0 saturated carbocycles. The molecule has 0 radical (unpaired) electrons. The molecule has 0 aliphatic rings. The summed E-state index contributed by atoms with van der Waals surface area (Å²) in [5, 5.41) is 47.0. The van der Waals surface area contributed by atoms with Crippen molar-refractivity contribution in [1.29, 1.82) is 0 Å². The number of aliphatic imine (C=N–C) groups is 3. The fourth-order valence-electron chi connectivity index (χ4n) is 5.89. The maximum Gasteiger partial charge on any atom is 0.327 e. The number of aliphatic carboxylic acids is 2. The first-order chi connectivity index (χ1) is 34.2. The third kappa shape index (κ3) is 27.7. The van der Waals surface area contributed by atoms with Gasteiger partial charge in [-0.2, -0.15) is 25.3 Å². The Morgan fingerprint density at radius 1 is 0.452 bits per heavy atom. The minimum Gasteiger partial charge on any atom is -0.481 e. The zero-order chi connectivity index (χ0) is 56.0. The maximum absolute atomic E-state index is 13.8. The number of carboxylic acids is 2. The van der Waals surface area contributed by atoms with E-state index in [1.165, 1.54) is 0 Å². The number of carbonyl (C=O) groups is 11. The molecule has 0 aromatic heterocycles. The quantitative estimate of drug-likeness (QED) is 0.0120. The van der Waals surface area contributed by atoms with Crippen molar-refractivity contribution in [3.05, 3.63) is 0 Å². The molecule has 0 unspecified atom stereocenters. The third-order valence-electron chi connectivity index (χ3n) is 9.68. The largest absolute Gasteiger partial charge is 0.481 e. The maximum atomic E-state index is 13.8. The fraction of sp³-hybridized carbons (Fsp3) is 0.632. The van der Waals surface area contributed by atoms with Crippen LogP contribution >= 0.6 is 25.3 Å². The number of carboxylic acid groups (broad SMARTS) is 2. The average Bonchev–Trinajstić information content (AvgIpc) is 3.30. The molecule has 0 heterocycles. The Hall–Kier alpha value is -7.40. The van der Waals surface area contributed by atoms with Gasteiger partial charge in [0.2, 0.25) is 53.2 Å². The van der Waals surface area contributed by atoms with E-state index in [0.717, 1.165) is 6.92 Å². The van der Waals surface area contributed by atoms with Gasteiger partial charge in [-0.3, -0.25) is 62.9 Å². The summed E-state index contributed by atoms with van der Waals surface area (Å²) in [5.41, 5.74) is 43.2. The topological polar surface area (TPSA) is 590 Å². The molecule has 73 heavy (non-hydrogen) atoms. The summed E-state index contributed by atoms with van der Waals surface area (Å²) in [6, 6.07) is -14.3. The predicted molar refractivity (Wildman–Crippen MR) is 267 cm³/mol. The lowest BCUT2D eigenvalue weighted by Gasteiger charge is -2.27. The van der Waals surface area contributed by atoms with E-state index in [1.807, 2.05) is 0 Å². The van der Waals surface area contributed by atoms with Gasteiger partial charge >= 0.3 is 11.9 Å². The Kier molecular flexibility index (Phi) is 31.3. The molecule has 27 N–H and O–H groups in total. The molecule has 0 fully saturated rings. The van der Waals surface area contributed by atoms with E-state index in [-0.39, 0.29) is 87.5 Å². The first kappa shape index (κ1) is 65.6. The highest BCUT2D eigenvalue weighted by Gasteiger charge is 2.35. The molecule has 412 valence electrons. The monoisotopic (exact) mass is 1080 g/mol. The molecule has 0 aliphatic carbocycles. The molecule has 35 heteroatoms. The van der Waals surface area contributed by atoms with Crippen LogP contribution in [0.1, 0.15) is 58.3 Å². The molecule has 0 bridgehead atoms. The van der Waals surface area contributed by atoms with Crippen molar-refractivity contribution < 1.29 is 68.1 Å². The normalized spacial score (nSPS) is 14.4. The SMILES string of the molecule is C[C@H](NC(=O)[C@H](CC(=O)O)NC(=O)[C@H](CCCN=C(N)N)NC(=O)[C@H](CC(N)=O)NC(=O)[C@H](CO)NC(=O)[C@@H](N)CS)C(=O)N[C@@H](CCCN=C(N)N)C(=O)N[C@@H](CCCN=C(N)N)C(=O)N[C@@H](CS)C(=O)O. The summed E-state index contributed by atoms with van der Waals surface area (Å²) >= 11 is 7.82. The number of rotatable bonds is 36. The minimum absolute atomic E-state index is 0.00544. The number of primary amides is 1. The molecule has 0 aliphatic heterocycles. The van der Waals surface area contributed by atoms with Crippen LogP contribution in [0.2, 0.25) is 0 Å². The Balaban J connectivity index is 6.65. The lowest BCUT2D eigenvalue weighted by molar-refractivity contribution is -0.142. The highest BCUT2D eigenvalue weighted by molar-refractivity contribution is 7.80. The Morgan fingerprint density at radius 3 is 1.12 bits per heavy atom. The van der Waals surface area contributed by atoms with E-state index in [0.29, 0.717) is 0 Å². The summed E-state index contributed by atoms with van der Waals surface area (Å²) in [6.07, 6.45) is -2.53. The van der Waals surface area contributed by atoms with Crippen molar-refractivity contribution in [3.8, 4) is 0 Å². The van der Waals surface area contributed by atoms with E-state index >= 15 is 0 Å². The molecule has 0 saturated heterocycles. The highest BCUT2D eigenvalue weighted by Crippen LogP contribution is 2.08. The number of nitrogens with two attached hydrogens (primary N) is 8. The van der Waals surface area contributed by atoms with Gasteiger partial charge in [0, 0.05) is 31.1 Å². The highest BCUT2D eigenvalue weighted by atomic mass is 32.1. The minimum atomic E-state index is -1.97. The molecular weight excluding hydrogens is 1010 g/mol. The van der Waals surface area contributed by atoms with Crippen LogP contribution in [0.15, 0.2) is 15.0 Å². The van der Waals surface area contributed by atoms with E-state index < -0.39 is 139 Å². The van der Waals surface area contributed by atoms with Gasteiger partial charge in [-0.15, -0.1) is 0 Å². The van der Waals surface area contributed by atoms with Crippen LogP contribution in [0.3, 0.4) is 0 Å². The van der Waals surface area contributed by atoms with Crippen molar-refractivity contribution >= 4 is 108 Å². The van der Waals surface area contributed by atoms with E-state index in [4.69, 9.17) is 45.9 Å². The zero-order valence-corrected chi connectivity index (χ0v) is 41.6. The van der Waals surface area contributed by atoms with Crippen LogP contribution in [-0.4, -0.2) is 190 Å². The number of aliphatic hydroxyl groups excluding tert-OH is 1. The number of amides is 9. The van der Waals surface area contributed by atoms with Crippen molar-refractivity contribution in [3.63, 3.8) is 0 Å². The van der Waals surface area contributed by atoms with E-state index in [2.05, 4.69) is 82.8 Å². The second-order valence-corrected chi connectivity index (χ2v) is 16.5. The Morgan fingerprint density at radius 2 is 0.781 bits per heavy atom. The molecular formula is C38H69N19O14S2. The second-order valence-electron chi connectivity index (χ2n) is 15.8. The molecule has 0 aromatic carbocycles. The molecule has 0 aromatic rings. The number of carbonyl (C=O) groups excluding carboxylic acids is 9. The molecule has 0 spiro atoms. The first-order valence-corrected chi connectivity index (χ1v) is 23.3. The molecule has 0 rings (SSSR count). The van der Waals surface area contributed by atoms with Gasteiger partial charge in [0.1, 0.15) is 48.3 Å². The van der Waals surface area contributed by atoms with Crippen LogP contribution in [0.25, 0.3) is 0 Å². The van der Waals surface area contributed by atoms with Crippen molar-refractivity contribution in [2.24, 2.45) is 60.8 Å². The number of hydrogen-bond acceptors (Lipinski definition) is 18. The van der Waals surface area contributed by atoms with Crippen LogP contribution in [0.4, 0.5) is 0 Å². The van der Waals surface area contributed by atoms with Gasteiger partial charge in [0.05, 0.1) is 25.5 Å². The van der Waals surface area contributed by atoms with Gasteiger partial charge in [-0.05, 0) is 45.4 Å². The number of aliphatic hydroxyl groups is 1. The van der Waals surface area contributed by atoms with Gasteiger partial charge in [0.25, 0.3) is 0 Å². The van der Waals surface area contributed by atoms with Gasteiger partial charge < -0.3 is 104 Å². The van der Waals surface area contributed by atoms with Crippen LogP contribution in [0.5, 0.6) is 0 Å². The summed E-state index contributed by atoms with van der Waals surface area (Å²) in [5.74, 6) is -14.3. The number of guanidine groups is 3. The van der Waals surface area contributed by atoms with Gasteiger partial charge in [0.15, 0.2) is 17.9 Å². The Bertz CT molecular complexity index is 2020. The first-order valence-electron chi connectivity index (χ1n) is 22.1. The van der Waals surface area contributed by atoms with Crippen LogP contribution in [-0.2, 0) is 52.7 Å². The summed E-state index contributed by atoms with van der Waals surface area (Å²) in [7, 11) is 0. The molecule has 9 amide bonds. The number of nitrogens with one attached hydrogen (secondary N) is 8. The summed E-state index contributed by atoms with van der Waals surface area (Å²) < 4.78 is 0. The lowest BCUT2D eigenvalue weighted by Crippen LogP contribution is -2.60. The summed E-state index contributed by atoms with van der Waals surface area (Å²) in [6.45, 7) is -0.0242. The number of thiol groups is 2. The average molecular weight is 1080 g/mol. The lowest BCUT2D eigenvalue weighted by atomic mass is 10.1. The van der Waals surface area contributed by atoms with E-state index in [1.54, 1.807) is 0 Å². The molecule has 9 atom stereocenters. The fourth-order valence-corrected chi connectivity index (χ4v) is 6.30. The third-order valence-corrected chi connectivity index (χ3v) is 10.4. The molecule has 33 nitrogen and oxygen atoms in total. The van der Waals surface area contributed by atoms with E-state index in [9.17, 15) is 68.1 Å². The van der Waals surface area contributed by atoms with Crippen molar-refractivity contribution in [1.82, 2.24) is 42.5 Å². The smallest absolute Gasteiger partial charge is 0.327 e. The second kappa shape index (κ2) is 34.8. The number of hydrogen-bond donors (Lipinski definition) is 21. The summed E-state index contributed by atoms with van der Waals surface area (Å²) in [4.78, 5) is 154. The van der Waals surface area contributed by atoms with Crippen LogP contribution < -0.4 is 88.4 Å². The Labute approximate surface area is 429 Å².